The molecule has 1 aliphatic heterocycles. The predicted octanol–water partition coefficient (Wildman–Crippen LogP) is 2.75. The molecule has 35 heavy (non-hydrogen) atoms. The van der Waals surface area contributed by atoms with Gasteiger partial charge in [-0.05, 0) is 38.1 Å². The quantitative estimate of drug-likeness (QED) is 0.452. The molecule has 0 amide bonds. The third-order valence-corrected chi connectivity index (χ3v) is 6.04. The zero-order valence-electron chi connectivity index (χ0n) is 19.6. The molecule has 5 heterocycles. The number of pyridine rings is 2. The highest BCUT2D eigenvalue weighted by molar-refractivity contribution is 5.85. The maximum Gasteiger partial charge on any atom is 0.233 e. The highest BCUT2D eigenvalue weighted by Gasteiger charge is 2.29. The lowest BCUT2D eigenvalue weighted by Crippen LogP contribution is -2.53. The zero-order valence-corrected chi connectivity index (χ0v) is 19.6. The molecule has 4 aromatic heterocycles. The molecule has 2 atom stereocenters. The van der Waals surface area contributed by atoms with Crippen molar-refractivity contribution in [3.8, 4) is 28.8 Å². The van der Waals surface area contributed by atoms with Crippen LogP contribution in [0.4, 0.5) is 5.82 Å². The fourth-order valence-corrected chi connectivity index (χ4v) is 4.30. The number of nitrogens with zero attached hydrogens (tertiary/aromatic N) is 7. The van der Waals surface area contributed by atoms with Crippen LogP contribution in [0, 0.1) is 18.3 Å². The first-order valence-corrected chi connectivity index (χ1v) is 11.5. The van der Waals surface area contributed by atoms with Gasteiger partial charge in [0.1, 0.15) is 23.7 Å². The Balaban J connectivity index is 1.34. The molecule has 0 saturated carbocycles. The van der Waals surface area contributed by atoms with Gasteiger partial charge in [0, 0.05) is 42.9 Å². The minimum atomic E-state index is -0.194. The summed E-state index contributed by atoms with van der Waals surface area (Å²) in [6.07, 6.45) is 5.76. The van der Waals surface area contributed by atoms with Crippen LogP contribution in [0.1, 0.15) is 24.6 Å². The highest BCUT2D eigenvalue weighted by Crippen LogP contribution is 2.31. The van der Waals surface area contributed by atoms with E-state index in [9.17, 15) is 5.26 Å². The van der Waals surface area contributed by atoms with Crippen LogP contribution in [0.5, 0.6) is 11.6 Å². The summed E-state index contributed by atoms with van der Waals surface area (Å²) in [7, 11) is 0. The SMILES string of the molecule is CCOc1cc(-c2ccc(N3CCC(Oc4ccc(C)nn4)[C@H](N)C3)nc2)c2c(C#N)cnn2c1. The van der Waals surface area contributed by atoms with Crippen molar-refractivity contribution < 1.29 is 9.47 Å². The molecule has 0 spiro atoms. The molecule has 0 bridgehead atoms. The van der Waals surface area contributed by atoms with Gasteiger partial charge in [0.2, 0.25) is 5.88 Å². The monoisotopic (exact) mass is 470 g/mol. The van der Waals surface area contributed by atoms with Crippen molar-refractivity contribution in [1.82, 2.24) is 24.8 Å². The van der Waals surface area contributed by atoms with Crippen LogP contribution >= 0.6 is 0 Å². The van der Waals surface area contributed by atoms with Crippen molar-refractivity contribution in [2.24, 2.45) is 5.73 Å². The first-order chi connectivity index (χ1) is 17.1. The van der Waals surface area contributed by atoms with Crippen molar-refractivity contribution in [3.63, 3.8) is 0 Å². The van der Waals surface area contributed by atoms with E-state index < -0.39 is 0 Å². The molecule has 1 fully saturated rings. The molecule has 0 aromatic carbocycles. The van der Waals surface area contributed by atoms with E-state index in [4.69, 9.17) is 20.2 Å². The number of anilines is 1. The normalized spacial score (nSPS) is 17.8. The molecule has 0 radical (unpaired) electrons. The number of piperidine rings is 1. The number of nitrogens with two attached hydrogens (primary N) is 1. The van der Waals surface area contributed by atoms with Gasteiger partial charge in [-0.25, -0.2) is 9.50 Å². The molecule has 5 rings (SSSR count). The smallest absolute Gasteiger partial charge is 0.233 e. The van der Waals surface area contributed by atoms with E-state index in [1.807, 2.05) is 50.4 Å². The van der Waals surface area contributed by atoms with Crippen LogP contribution in [0.25, 0.3) is 16.6 Å². The summed E-state index contributed by atoms with van der Waals surface area (Å²) in [5.41, 5.74) is 10.2. The summed E-state index contributed by atoms with van der Waals surface area (Å²) in [5, 5.41) is 22.0. The maximum atomic E-state index is 9.55. The lowest BCUT2D eigenvalue weighted by atomic mass is 10.0. The number of aryl methyl sites for hydroxylation is 1. The average molecular weight is 471 g/mol. The molecular weight excluding hydrogens is 444 g/mol. The Morgan fingerprint density at radius 3 is 2.77 bits per heavy atom. The number of hydrogen-bond acceptors (Lipinski definition) is 9. The summed E-state index contributed by atoms with van der Waals surface area (Å²) < 4.78 is 13.4. The van der Waals surface area contributed by atoms with Gasteiger partial charge in [-0.1, -0.05) is 0 Å². The van der Waals surface area contributed by atoms with Gasteiger partial charge in [0.05, 0.1) is 41.8 Å². The van der Waals surface area contributed by atoms with Gasteiger partial charge in [-0.15, -0.1) is 5.10 Å². The van der Waals surface area contributed by atoms with Crippen molar-refractivity contribution in [1.29, 1.82) is 5.26 Å². The topological polar surface area (TPSA) is 127 Å². The van der Waals surface area contributed by atoms with Crippen LogP contribution in [0.2, 0.25) is 0 Å². The molecule has 0 aliphatic carbocycles. The molecule has 1 aliphatic rings. The number of rotatable bonds is 6. The third-order valence-electron chi connectivity index (χ3n) is 6.04. The highest BCUT2D eigenvalue weighted by atomic mass is 16.5. The van der Waals surface area contributed by atoms with Crippen LogP contribution in [-0.2, 0) is 0 Å². The average Bonchev–Trinajstić information content (AvgIpc) is 3.29. The van der Waals surface area contributed by atoms with E-state index in [2.05, 4.69) is 26.3 Å². The van der Waals surface area contributed by atoms with Crippen molar-refractivity contribution in [2.75, 3.05) is 24.6 Å². The second kappa shape index (κ2) is 9.56. The van der Waals surface area contributed by atoms with E-state index >= 15 is 0 Å². The lowest BCUT2D eigenvalue weighted by molar-refractivity contribution is 0.141. The van der Waals surface area contributed by atoms with Crippen molar-refractivity contribution in [2.45, 2.75) is 32.4 Å². The van der Waals surface area contributed by atoms with Crippen molar-refractivity contribution >= 4 is 11.3 Å². The molecular formula is C25H26N8O2. The Hall–Kier alpha value is -4.23. The van der Waals surface area contributed by atoms with E-state index in [1.165, 1.54) is 0 Å². The van der Waals surface area contributed by atoms with Gasteiger partial charge in [0.15, 0.2) is 0 Å². The molecule has 10 heteroatoms. The van der Waals surface area contributed by atoms with Crippen molar-refractivity contribution in [3.05, 3.63) is 60.2 Å². The number of fused-ring (bicyclic) bond motifs is 1. The minimum absolute atomic E-state index is 0.136. The Morgan fingerprint density at radius 2 is 2.09 bits per heavy atom. The summed E-state index contributed by atoms with van der Waals surface area (Å²) in [5.74, 6) is 2.01. The van der Waals surface area contributed by atoms with E-state index in [0.29, 0.717) is 30.3 Å². The third kappa shape index (κ3) is 4.58. The number of nitriles is 1. The van der Waals surface area contributed by atoms with Crippen LogP contribution in [0.15, 0.2) is 48.9 Å². The summed E-state index contributed by atoms with van der Waals surface area (Å²) >= 11 is 0. The molecule has 4 aromatic rings. The van der Waals surface area contributed by atoms with E-state index in [1.54, 1.807) is 16.9 Å². The Bertz CT molecular complexity index is 1360. The van der Waals surface area contributed by atoms with Gasteiger partial charge >= 0.3 is 0 Å². The lowest BCUT2D eigenvalue weighted by Gasteiger charge is -2.37. The number of ether oxygens (including phenoxy) is 2. The summed E-state index contributed by atoms with van der Waals surface area (Å²) in [4.78, 5) is 6.86. The second-order valence-corrected chi connectivity index (χ2v) is 8.46. The largest absolute Gasteiger partial charge is 0.492 e. The standard InChI is InChI=1S/C25H26N8O2/c1-3-34-19-10-20(25-18(11-26)13-29-33(25)14-19)17-5-6-23(28-12-17)32-9-8-22(21(27)15-32)35-24-7-4-16(2)30-31-24/h4-7,10,12-14,21-22H,3,8-9,15,27H2,1-2H3/t21-,22?/m1/s1. The van der Waals surface area contributed by atoms with Crippen LogP contribution < -0.4 is 20.1 Å². The Labute approximate surface area is 202 Å². The Kier molecular flexibility index (Phi) is 6.16. The van der Waals surface area contributed by atoms with Gasteiger partial charge in [0.25, 0.3) is 0 Å². The molecule has 2 N–H and O–H groups in total. The Morgan fingerprint density at radius 1 is 1.20 bits per heavy atom. The first kappa shape index (κ1) is 22.6. The maximum absolute atomic E-state index is 9.55. The minimum Gasteiger partial charge on any atom is -0.492 e. The molecule has 178 valence electrons. The second-order valence-electron chi connectivity index (χ2n) is 8.46. The van der Waals surface area contributed by atoms with Gasteiger partial charge in [-0.3, -0.25) is 0 Å². The summed E-state index contributed by atoms with van der Waals surface area (Å²) in [6, 6.07) is 11.6. The fourth-order valence-electron chi connectivity index (χ4n) is 4.30. The van der Waals surface area contributed by atoms with Gasteiger partial charge in [-0.2, -0.15) is 15.5 Å². The molecule has 1 saturated heterocycles. The molecule has 1 unspecified atom stereocenters. The number of hydrogen-bond donors (Lipinski definition) is 1. The number of aromatic nitrogens is 5. The van der Waals surface area contributed by atoms with Gasteiger partial charge < -0.3 is 20.1 Å². The molecule has 10 nitrogen and oxygen atoms in total. The summed E-state index contributed by atoms with van der Waals surface area (Å²) in [6.45, 7) is 5.72. The van der Waals surface area contributed by atoms with E-state index in [0.717, 1.165) is 41.1 Å². The van der Waals surface area contributed by atoms with Crippen LogP contribution in [-0.4, -0.2) is 56.6 Å². The first-order valence-electron chi connectivity index (χ1n) is 11.5. The zero-order chi connectivity index (χ0) is 24.4. The predicted molar refractivity (Wildman–Crippen MR) is 130 cm³/mol. The fraction of sp³-hybridized carbons (Fsp3) is 0.320. The van der Waals surface area contributed by atoms with Crippen LogP contribution in [0.3, 0.4) is 0 Å². The van der Waals surface area contributed by atoms with E-state index in [-0.39, 0.29) is 12.1 Å².